The summed E-state index contributed by atoms with van der Waals surface area (Å²) in [6, 6.07) is 16.1. The number of aromatic nitrogens is 1. The fraction of sp³-hybridized carbons (Fsp3) is 0.312. The first kappa shape index (κ1) is 13.7. The summed E-state index contributed by atoms with van der Waals surface area (Å²) in [4.78, 5) is 4.46. The van der Waals surface area contributed by atoms with Gasteiger partial charge in [-0.1, -0.05) is 36.4 Å². The highest BCUT2D eigenvalue weighted by atomic mass is 16.5. The molecule has 0 aliphatic carbocycles. The molecule has 1 unspecified atom stereocenters. The summed E-state index contributed by atoms with van der Waals surface area (Å²) in [5.41, 5.74) is 1.53. The van der Waals surface area contributed by atoms with Gasteiger partial charge in [-0.05, 0) is 31.7 Å². The van der Waals surface area contributed by atoms with Crippen LogP contribution in [0.3, 0.4) is 0 Å². The van der Waals surface area contributed by atoms with Crippen molar-refractivity contribution in [3.63, 3.8) is 0 Å². The molecule has 1 N–H and O–H groups in total. The van der Waals surface area contributed by atoms with E-state index in [9.17, 15) is 0 Å². The summed E-state index contributed by atoms with van der Waals surface area (Å²) in [6.07, 6.45) is 1.80. The highest BCUT2D eigenvalue weighted by Gasteiger charge is 2.30. The second-order valence-corrected chi connectivity index (χ2v) is 4.57. The van der Waals surface area contributed by atoms with Crippen LogP contribution in [0.5, 0.6) is 0 Å². The normalized spacial score (nSPS) is 14.0. The molecule has 0 fully saturated rings. The number of hydrogen-bond acceptors (Lipinski definition) is 3. The predicted molar refractivity (Wildman–Crippen MR) is 77.0 cm³/mol. The van der Waals surface area contributed by atoms with Gasteiger partial charge in [0.05, 0.1) is 12.3 Å². The molecule has 0 bridgehead atoms. The molecular weight excluding hydrogens is 236 g/mol. The third kappa shape index (κ3) is 3.19. The van der Waals surface area contributed by atoms with E-state index in [-0.39, 0.29) is 0 Å². The zero-order valence-corrected chi connectivity index (χ0v) is 11.5. The molecule has 1 aromatic carbocycles. The Labute approximate surface area is 114 Å². The predicted octanol–water partition coefficient (Wildman–Crippen LogP) is 2.58. The molecule has 0 radical (unpaired) electrons. The van der Waals surface area contributed by atoms with E-state index in [0.29, 0.717) is 6.61 Å². The van der Waals surface area contributed by atoms with Crippen LogP contribution in [-0.4, -0.2) is 25.2 Å². The van der Waals surface area contributed by atoms with E-state index in [0.717, 1.165) is 17.8 Å². The van der Waals surface area contributed by atoms with Crippen LogP contribution in [0.15, 0.2) is 54.7 Å². The summed E-state index contributed by atoms with van der Waals surface area (Å²) in [6.45, 7) is 3.52. The van der Waals surface area contributed by atoms with E-state index in [4.69, 9.17) is 4.74 Å². The standard InChI is InChI=1S/C16H20N2O/c1-16(19-13-12-17-2,14-8-4-3-5-9-14)15-10-6-7-11-18-15/h3-11,17H,12-13H2,1-2H3. The Bertz CT molecular complexity index is 445. The summed E-state index contributed by atoms with van der Waals surface area (Å²) in [5, 5.41) is 3.10. The van der Waals surface area contributed by atoms with Gasteiger partial charge in [-0.15, -0.1) is 0 Å². The maximum Gasteiger partial charge on any atom is 0.132 e. The van der Waals surface area contributed by atoms with E-state index in [2.05, 4.69) is 29.4 Å². The van der Waals surface area contributed by atoms with E-state index in [1.54, 1.807) is 6.20 Å². The minimum absolute atomic E-state index is 0.515. The van der Waals surface area contributed by atoms with Crippen molar-refractivity contribution in [3.05, 3.63) is 66.0 Å². The molecule has 1 atom stereocenters. The Kier molecular flexibility index (Phi) is 4.66. The van der Waals surface area contributed by atoms with Gasteiger partial charge in [0.15, 0.2) is 0 Å². The zero-order chi connectivity index (χ0) is 13.6. The van der Waals surface area contributed by atoms with Gasteiger partial charge in [0.1, 0.15) is 5.60 Å². The third-order valence-electron chi connectivity index (χ3n) is 3.22. The largest absolute Gasteiger partial charge is 0.363 e. The lowest BCUT2D eigenvalue weighted by Gasteiger charge is -2.30. The summed E-state index contributed by atoms with van der Waals surface area (Å²) in [7, 11) is 1.92. The summed E-state index contributed by atoms with van der Waals surface area (Å²) < 4.78 is 6.12. The van der Waals surface area contributed by atoms with Gasteiger partial charge in [-0.25, -0.2) is 0 Å². The Hall–Kier alpha value is -1.71. The first-order valence-electron chi connectivity index (χ1n) is 6.53. The van der Waals surface area contributed by atoms with Crippen LogP contribution >= 0.6 is 0 Å². The molecule has 0 spiro atoms. The molecule has 0 saturated carbocycles. The SMILES string of the molecule is CNCCOC(C)(c1ccccc1)c1ccccn1. The maximum absolute atomic E-state index is 6.12. The van der Waals surface area contributed by atoms with Crippen LogP contribution in [0, 0.1) is 0 Å². The smallest absolute Gasteiger partial charge is 0.132 e. The van der Waals surface area contributed by atoms with Crippen LogP contribution in [0.2, 0.25) is 0 Å². The summed E-state index contributed by atoms with van der Waals surface area (Å²) in [5.74, 6) is 0. The third-order valence-corrected chi connectivity index (χ3v) is 3.22. The lowest BCUT2D eigenvalue weighted by molar-refractivity contribution is -0.00467. The van der Waals surface area contributed by atoms with E-state index in [1.807, 2.05) is 43.4 Å². The van der Waals surface area contributed by atoms with E-state index in [1.165, 1.54) is 0 Å². The number of likely N-dealkylation sites (N-methyl/N-ethyl adjacent to an activating group) is 1. The van der Waals surface area contributed by atoms with Crippen molar-refractivity contribution in [1.82, 2.24) is 10.3 Å². The Morgan fingerprint density at radius 1 is 1.11 bits per heavy atom. The molecule has 3 nitrogen and oxygen atoms in total. The van der Waals surface area contributed by atoms with Gasteiger partial charge >= 0.3 is 0 Å². The molecular formula is C16H20N2O. The molecule has 2 aromatic rings. The second-order valence-electron chi connectivity index (χ2n) is 4.57. The van der Waals surface area contributed by atoms with Crippen LogP contribution in [0.25, 0.3) is 0 Å². The van der Waals surface area contributed by atoms with Gasteiger partial charge in [-0.3, -0.25) is 4.98 Å². The fourth-order valence-electron chi connectivity index (χ4n) is 2.06. The average Bonchev–Trinajstić information content (AvgIpc) is 2.49. The lowest BCUT2D eigenvalue weighted by Crippen LogP contribution is -2.31. The van der Waals surface area contributed by atoms with Crippen molar-refractivity contribution >= 4 is 0 Å². The molecule has 0 amide bonds. The lowest BCUT2D eigenvalue weighted by atomic mass is 9.91. The van der Waals surface area contributed by atoms with Crippen molar-refractivity contribution in [1.29, 1.82) is 0 Å². The Morgan fingerprint density at radius 3 is 2.47 bits per heavy atom. The maximum atomic E-state index is 6.12. The zero-order valence-electron chi connectivity index (χ0n) is 11.5. The molecule has 19 heavy (non-hydrogen) atoms. The van der Waals surface area contributed by atoms with Crippen molar-refractivity contribution in [3.8, 4) is 0 Å². The fourth-order valence-corrected chi connectivity index (χ4v) is 2.06. The molecule has 0 aliphatic heterocycles. The van der Waals surface area contributed by atoms with Crippen molar-refractivity contribution in [2.24, 2.45) is 0 Å². The van der Waals surface area contributed by atoms with Crippen LogP contribution in [0.4, 0.5) is 0 Å². The average molecular weight is 256 g/mol. The van der Waals surface area contributed by atoms with Crippen molar-refractivity contribution in [2.75, 3.05) is 20.2 Å². The molecule has 1 heterocycles. The number of ether oxygens (including phenoxy) is 1. The number of benzene rings is 1. The highest BCUT2D eigenvalue weighted by Crippen LogP contribution is 2.31. The Morgan fingerprint density at radius 2 is 1.84 bits per heavy atom. The van der Waals surface area contributed by atoms with Gasteiger partial charge in [0.25, 0.3) is 0 Å². The second kappa shape index (κ2) is 6.45. The van der Waals surface area contributed by atoms with Gasteiger partial charge in [-0.2, -0.15) is 0 Å². The Balaban J connectivity index is 2.33. The molecule has 0 saturated heterocycles. The molecule has 100 valence electrons. The van der Waals surface area contributed by atoms with Crippen LogP contribution in [0.1, 0.15) is 18.2 Å². The molecule has 0 aliphatic rings. The number of rotatable bonds is 6. The molecule has 3 heteroatoms. The minimum Gasteiger partial charge on any atom is -0.363 e. The number of pyridine rings is 1. The summed E-state index contributed by atoms with van der Waals surface area (Å²) >= 11 is 0. The van der Waals surface area contributed by atoms with Crippen LogP contribution < -0.4 is 5.32 Å². The van der Waals surface area contributed by atoms with Gasteiger partial charge < -0.3 is 10.1 Å². The van der Waals surface area contributed by atoms with Crippen LogP contribution in [-0.2, 0) is 10.3 Å². The first-order valence-corrected chi connectivity index (χ1v) is 6.53. The van der Waals surface area contributed by atoms with Gasteiger partial charge in [0, 0.05) is 12.7 Å². The quantitative estimate of drug-likeness (QED) is 0.807. The van der Waals surface area contributed by atoms with E-state index < -0.39 is 5.60 Å². The molecule has 2 rings (SSSR count). The number of hydrogen-bond donors (Lipinski definition) is 1. The monoisotopic (exact) mass is 256 g/mol. The van der Waals surface area contributed by atoms with Gasteiger partial charge in [0.2, 0.25) is 0 Å². The number of nitrogens with one attached hydrogen (secondary N) is 1. The van der Waals surface area contributed by atoms with Crippen molar-refractivity contribution in [2.45, 2.75) is 12.5 Å². The molecule has 1 aromatic heterocycles. The topological polar surface area (TPSA) is 34.1 Å². The minimum atomic E-state index is -0.515. The highest BCUT2D eigenvalue weighted by molar-refractivity contribution is 5.31. The van der Waals surface area contributed by atoms with E-state index >= 15 is 0 Å². The first-order chi connectivity index (χ1) is 9.27. The number of nitrogens with zero attached hydrogens (tertiary/aromatic N) is 1. The van der Waals surface area contributed by atoms with Crippen molar-refractivity contribution < 1.29 is 4.74 Å².